The van der Waals surface area contributed by atoms with Crippen LogP contribution in [0.2, 0.25) is 0 Å². The van der Waals surface area contributed by atoms with Gasteiger partial charge in [-0.3, -0.25) is 0 Å². The van der Waals surface area contributed by atoms with Crippen LogP contribution in [0.4, 0.5) is 24.9 Å². The number of nitrogen functional groups attached to an aromatic ring is 1. The number of alkyl halides is 3. The van der Waals surface area contributed by atoms with Gasteiger partial charge in [0.15, 0.2) is 0 Å². The van der Waals surface area contributed by atoms with Crippen molar-refractivity contribution >= 4 is 11.8 Å². The average molecular weight is 363 g/mol. The number of fused-ring (bicyclic) bond motifs is 1. The Morgan fingerprint density at radius 1 is 1.15 bits per heavy atom. The molecule has 3 heterocycles. The predicted molar refractivity (Wildman–Crippen MR) is 93.6 cm³/mol. The second kappa shape index (κ2) is 6.42. The van der Waals surface area contributed by atoms with Crippen molar-refractivity contribution in [2.24, 2.45) is 5.92 Å². The lowest BCUT2D eigenvalue weighted by Crippen LogP contribution is -2.40. The third-order valence-electron chi connectivity index (χ3n) is 5.14. The van der Waals surface area contributed by atoms with Gasteiger partial charge in [0.05, 0.1) is 11.3 Å². The highest BCUT2D eigenvalue weighted by molar-refractivity contribution is 5.65. The number of nitrogens with zero attached hydrogens (tertiary/aromatic N) is 3. The molecule has 5 nitrogen and oxygen atoms in total. The van der Waals surface area contributed by atoms with Crippen LogP contribution in [0, 0.1) is 5.92 Å². The molecule has 4 rings (SSSR count). The van der Waals surface area contributed by atoms with Gasteiger partial charge in [-0.25, -0.2) is 4.98 Å². The highest BCUT2D eigenvalue weighted by Gasteiger charge is 2.35. The van der Waals surface area contributed by atoms with Crippen LogP contribution in [-0.4, -0.2) is 35.6 Å². The molecule has 138 valence electrons. The van der Waals surface area contributed by atoms with Crippen molar-refractivity contribution in [1.29, 1.82) is 0 Å². The summed E-state index contributed by atoms with van der Waals surface area (Å²) >= 11 is 0. The van der Waals surface area contributed by atoms with Crippen LogP contribution in [0.25, 0.3) is 11.3 Å². The number of benzene rings is 1. The molecule has 1 aromatic carbocycles. The zero-order chi connectivity index (χ0) is 18.3. The largest absolute Gasteiger partial charge is 0.416 e. The Morgan fingerprint density at radius 3 is 2.77 bits per heavy atom. The topological polar surface area (TPSA) is 67.1 Å². The van der Waals surface area contributed by atoms with E-state index < -0.39 is 11.7 Å². The van der Waals surface area contributed by atoms with Gasteiger partial charge in [0.1, 0.15) is 5.82 Å². The summed E-state index contributed by atoms with van der Waals surface area (Å²) in [5.74, 6) is 1.30. The second-order valence-corrected chi connectivity index (χ2v) is 6.92. The predicted octanol–water partition coefficient (Wildman–Crippen LogP) is 2.93. The fraction of sp³-hybridized carbons (Fsp3) is 0.444. The minimum Gasteiger partial charge on any atom is -0.368 e. The van der Waals surface area contributed by atoms with E-state index in [2.05, 4.69) is 20.2 Å². The lowest BCUT2D eigenvalue weighted by Gasteiger charge is -2.24. The van der Waals surface area contributed by atoms with Crippen molar-refractivity contribution in [3.8, 4) is 11.3 Å². The number of nitrogens with one attached hydrogen (secondary N) is 1. The van der Waals surface area contributed by atoms with Gasteiger partial charge in [-0.1, -0.05) is 12.1 Å². The molecule has 1 aromatic heterocycles. The number of anilines is 2. The Labute approximate surface area is 149 Å². The smallest absolute Gasteiger partial charge is 0.368 e. The Hall–Kier alpha value is -2.35. The Morgan fingerprint density at radius 2 is 2.00 bits per heavy atom. The molecular weight excluding hydrogens is 343 g/mol. The molecule has 0 saturated carbocycles. The molecule has 0 bridgehead atoms. The van der Waals surface area contributed by atoms with E-state index in [0.29, 0.717) is 29.0 Å². The third-order valence-corrected chi connectivity index (χ3v) is 5.14. The zero-order valence-corrected chi connectivity index (χ0v) is 14.1. The first-order chi connectivity index (χ1) is 12.4. The zero-order valence-electron chi connectivity index (χ0n) is 14.1. The molecule has 0 amide bonds. The number of aromatic nitrogens is 2. The van der Waals surface area contributed by atoms with Crippen molar-refractivity contribution in [1.82, 2.24) is 15.3 Å². The molecule has 2 aromatic rings. The monoisotopic (exact) mass is 363 g/mol. The van der Waals surface area contributed by atoms with Crippen molar-refractivity contribution in [3.05, 3.63) is 35.9 Å². The maximum atomic E-state index is 13.0. The fourth-order valence-electron chi connectivity index (χ4n) is 3.85. The third kappa shape index (κ3) is 3.33. The maximum absolute atomic E-state index is 13.0. The molecule has 0 spiro atoms. The van der Waals surface area contributed by atoms with E-state index >= 15 is 0 Å². The van der Waals surface area contributed by atoms with Gasteiger partial charge in [0.25, 0.3) is 0 Å². The summed E-state index contributed by atoms with van der Waals surface area (Å²) in [6.07, 6.45) is -2.06. The van der Waals surface area contributed by atoms with Gasteiger partial charge >= 0.3 is 6.18 Å². The maximum Gasteiger partial charge on any atom is 0.416 e. The quantitative estimate of drug-likeness (QED) is 0.859. The first-order valence-corrected chi connectivity index (χ1v) is 8.71. The normalized spacial score (nSPS) is 23.1. The fourth-order valence-corrected chi connectivity index (χ4v) is 3.85. The van der Waals surface area contributed by atoms with Crippen LogP contribution >= 0.6 is 0 Å². The summed E-state index contributed by atoms with van der Waals surface area (Å²) in [6.45, 7) is 2.72. The molecule has 3 N–H and O–H groups in total. The number of hydrogen-bond acceptors (Lipinski definition) is 5. The van der Waals surface area contributed by atoms with Crippen LogP contribution in [0.3, 0.4) is 0 Å². The van der Waals surface area contributed by atoms with Gasteiger partial charge < -0.3 is 16.0 Å². The van der Waals surface area contributed by atoms with E-state index in [1.165, 1.54) is 12.5 Å². The van der Waals surface area contributed by atoms with Crippen LogP contribution < -0.4 is 16.0 Å². The second-order valence-electron chi connectivity index (χ2n) is 6.92. The molecule has 0 radical (unpaired) electrons. The van der Waals surface area contributed by atoms with Crippen LogP contribution in [0.1, 0.15) is 18.4 Å². The Kier molecular flexibility index (Phi) is 4.22. The van der Waals surface area contributed by atoms with Crippen molar-refractivity contribution in [2.75, 3.05) is 30.3 Å². The van der Waals surface area contributed by atoms with E-state index in [1.807, 2.05) is 0 Å². The van der Waals surface area contributed by atoms with Crippen LogP contribution in [0.15, 0.2) is 30.3 Å². The van der Waals surface area contributed by atoms with E-state index in [9.17, 15) is 13.2 Å². The number of nitrogens with two attached hydrogens (primary N) is 1. The SMILES string of the molecule is Nc1nc(-c2cccc(C(F)(F)F)c2)cc(N2CC3CCCNC3C2)n1. The molecule has 0 aliphatic carbocycles. The van der Waals surface area contributed by atoms with Gasteiger partial charge in [0.2, 0.25) is 5.95 Å². The number of rotatable bonds is 2. The van der Waals surface area contributed by atoms with E-state index in [4.69, 9.17) is 5.73 Å². The summed E-state index contributed by atoms with van der Waals surface area (Å²) in [5.41, 5.74) is 5.93. The molecule has 2 fully saturated rings. The summed E-state index contributed by atoms with van der Waals surface area (Å²) in [5, 5.41) is 3.52. The first kappa shape index (κ1) is 17.1. The minimum atomic E-state index is -4.40. The van der Waals surface area contributed by atoms with Gasteiger partial charge in [-0.2, -0.15) is 18.2 Å². The van der Waals surface area contributed by atoms with E-state index in [0.717, 1.165) is 38.2 Å². The molecule has 2 aliphatic rings. The van der Waals surface area contributed by atoms with Gasteiger partial charge in [0, 0.05) is 30.8 Å². The van der Waals surface area contributed by atoms with Crippen molar-refractivity contribution in [3.63, 3.8) is 0 Å². The lowest BCUT2D eigenvalue weighted by molar-refractivity contribution is -0.137. The summed E-state index contributed by atoms with van der Waals surface area (Å²) < 4.78 is 39.0. The van der Waals surface area contributed by atoms with E-state index in [1.54, 1.807) is 12.1 Å². The summed E-state index contributed by atoms with van der Waals surface area (Å²) in [4.78, 5) is 10.6. The molecule has 2 unspecified atom stereocenters. The average Bonchev–Trinajstić information content (AvgIpc) is 3.05. The molecular formula is C18H20F3N5. The Bertz CT molecular complexity index is 794. The number of piperidine rings is 1. The minimum absolute atomic E-state index is 0.0674. The van der Waals surface area contributed by atoms with Crippen molar-refractivity contribution in [2.45, 2.75) is 25.1 Å². The number of halogens is 3. The first-order valence-electron chi connectivity index (χ1n) is 8.71. The highest BCUT2D eigenvalue weighted by Crippen LogP contribution is 2.33. The van der Waals surface area contributed by atoms with Crippen LogP contribution in [0.5, 0.6) is 0 Å². The molecule has 2 atom stereocenters. The van der Waals surface area contributed by atoms with Crippen LogP contribution in [-0.2, 0) is 6.18 Å². The van der Waals surface area contributed by atoms with Gasteiger partial charge in [-0.05, 0) is 37.4 Å². The summed E-state index contributed by atoms with van der Waals surface area (Å²) in [6, 6.07) is 7.28. The molecule has 8 heteroatoms. The lowest BCUT2D eigenvalue weighted by atomic mass is 9.94. The molecule has 2 saturated heterocycles. The van der Waals surface area contributed by atoms with Gasteiger partial charge in [-0.15, -0.1) is 0 Å². The molecule has 26 heavy (non-hydrogen) atoms. The summed E-state index contributed by atoms with van der Waals surface area (Å²) in [7, 11) is 0. The molecule has 2 aliphatic heterocycles. The highest BCUT2D eigenvalue weighted by atomic mass is 19.4. The van der Waals surface area contributed by atoms with E-state index in [-0.39, 0.29) is 5.95 Å². The standard InChI is InChI=1S/C18H20F3N5/c19-18(20,21)13-5-1-3-11(7-13)14-8-16(25-17(22)24-14)26-9-12-4-2-6-23-15(12)10-26/h1,3,5,7-8,12,15,23H,2,4,6,9-10H2,(H2,22,24,25). The Balaban J connectivity index is 1.65. The number of hydrogen-bond donors (Lipinski definition) is 2. The van der Waals surface area contributed by atoms with Crippen molar-refractivity contribution < 1.29 is 13.2 Å².